The summed E-state index contributed by atoms with van der Waals surface area (Å²) in [5.41, 5.74) is 0.573. The van der Waals surface area contributed by atoms with Gasteiger partial charge in [-0.05, 0) is 12.1 Å². The van der Waals surface area contributed by atoms with Crippen LogP contribution in [0.3, 0.4) is 0 Å². The number of rotatable bonds is 6. The smallest absolute Gasteiger partial charge is 0.217 e. The summed E-state index contributed by atoms with van der Waals surface area (Å²) >= 11 is 0. The fourth-order valence-electron chi connectivity index (χ4n) is 2.41. The Labute approximate surface area is 124 Å². The van der Waals surface area contributed by atoms with Crippen molar-refractivity contribution in [3.8, 4) is 17.2 Å². The van der Waals surface area contributed by atoms with E-state index in [0.717, 1.165) is 13.1 Å². The maximum atomic E-state index is 12.4. The van der Waals surface area contributed by atoms with Crippen molar-refractivity contribution in [2.24, 2.45) is 0 Å². The summed E-state index contributed by atoms with van der Waals surface area (Å²) in [6.45, 7) is 3.57. The van der Waals surface area contributed by atoms with Crippen LogP contribution in [0.4, 0.5) is 0 Å². The number of ether oxygens (including phenoxy) is 4. The molecule has 0 atom stereocenters. The van der Waals surface area contributed by atoms with Gasteiger partial charge in [0.15, 0.2) is 11.5 Å². The molecule has 0 aromatic heterocycles. The minimum Gasteiger partial charge on any atom is -0.493 e. The zero-order chi connectivity index (χ0) is 15.2. The molecular formula is C15H22NO5+. The zero-order valence-corrected chi connectivity index (χ0v) is 12.7. The van der Waals surface area contributed by atoms with E-state index < -0.39 is 0 Å². The van der Waals surface area contributed by atoms with E-state index in [9.17, 15) is 4.79 Å². The molecule has 0 amide bonds. The monoisotopic (exact) mass is 296 g/mol. The molecule has 21 heavy (non-hydrogen) atoms. The van der Waals surface area contributed by atoms with Gasteiger partial charge in [0.25, 0.3) is 0 Å². The van der Waals surface area contributed by atoms with Crippen LogP contribution in [0.2, 0.25) is 0 Å². The molecule has 1 saturated heterocycles. The Hall–Kier alpha value is -1.79. The highest BCUT2D eigenvalue weighted by molar-refractivity contribution is 5.98. The first kappa shape index (κ1) is 15.6. The lowest BCUT2D eigenvalue weighted by Crippen LogP contribution is -3.14. The van der Waals surface area contributed by atoms with E-state index in [1.54, 1.807) is 33.5 Å². The van der Waals surface area contributed by atoms with E-state index in [-0.39, 0.29) is 5.78 Å². The van der Waals surface area contributed by atoms with Crippen LogP contribution < -0.4 is 19.1 Å². The Morgan fingerprint density at radius 3 is 2.14 bits per heavy atom. The molecule has 0 spiro atoms. The molecule has 1 aromatic carbocycles. The molecule has 1 aromatic rings. The lowest BCUT2D eigenvalue weighted by atomic mass is 10.1. The third-order valence-electron chi connectivity index (χ3n) is 3.60. The highest BCUT2D eigenvalue weighted by Crippen LogP contribution is 2.38. The van der Waals surface area contributed by atoms with Crippen LogP contribution >= 0.6 is 0 Å². The van der Waals surface area contributed by atoms with E-state index >= 15 is 0 Å². The van der Waals surface area contributed by atoms with Crippen LogP contribution in [0, 0.1) is 0 Å². The summed E-state index contributed by atoms with van der Waals surface area (Å²) in [6, 6.07) is 3.40. The van der Waals surface area contributed by atoms with E-state index in [0.29, 0.717) is 42.6 Å². The van der Waals surface area contributed by atoms with Gasteiger partial charge < -0.3 is 23.8 Å². The second-order valence-electron chi connectivity index (χ2n) is 4.88. The molecule has 1 fully saturated rings. The molecule has 0 bridgehead atoms. The van der Waals surface area contributed by atoms with Crippen molar-refractivity contribution >= 4 is 5.78 Å². The van der Waals surface area contributed by atoms with Gasteiger partial charge in [-0.1, -0.05) is 0 Å². The Balaban J connectivity index is 2.19. The Morgan fingerprint density at radius 2 is 1.67 bits per heavy atom. The third kappa shape index (κ3) is 3.65. The van der Waals surface area contributed by atoms with Crippen LogP contribution in [0.5, 0.6) is 17.2 Å². The third-order valence-corrected chi connectivity index (χ3v) is 3.60. The molecule has 116 valence electrons. The molecule has 0 saturated carbocycles. The van der Waals surface area contributed by atoms with Gasteiger partial charge in [-0.15, -0.1) is 0 Å². The van der Waals surface area contributed by atoms with Crippen molar-refractivity contribution in [2.75, 3.05) is 54.2 Å². The average molecular weight is 296 g/mol. The Morgan fingerprint density at radius 1 is 1.10 bits per heavy atom. The first-order valence-corrected chi connectivity index (χ1v) is 6.94. The highest BCUT2D eigenvalue weighted by Gasteiger charge is 2.22. The number of hydrogen-bond donors (Lipinski definition) is 1. The molecule has 6 heteroatoms. The molecule has 0 aliphatic carbocycles. The molecule has 6 nitrogen and oxygen atoms in total. The standard InChI is InChI=1S/C15H21NO5/c1-18-13-8-11(9-14(19-2)15(13)20-3)12(17)10-16-4-6-21-7-5-16/h8-9H,4-7,10H2,1-3H3/p+1. The van der Waals surface area contributed by atoms with Gasteiger partial charge >= 0.3 is 0 Å². The number of carbonyl (C=O) groups excluding carboxylic acids is 1. The van der Waals surface area contributed by atoms with Crippen molar-refractivity contribution in [3.05, 3.63) is 17.7 Å². The number of quaternary nitrogens is 1. The molecule has 1 heterocycles. The first-order valence-electron chi connectivity index (χ1n) is 6.94. The van der Waals surface area contributed by atoms with E-state index in [2.05, 4.69) is 0 Å². The number of hydrogen-bond acceptors (Lipinski definition) is 5. The summed E-state index contributed by atoms with van der Waals surface area (Å²) in [5.74, 6) is 1.55. The summed E-state index contributed by atoms with van der Waals surface area (Å²) in [5, 5.41) is 0. The van der Waals surface area contributed by atoms with Crippen molar-refractivity contribution in [1.82, 2.24) is 0 Å². The van der Waals surface area contributed by atoms with Crippen molar-refractivity contribution in [1.29, 1.82) is 0 Å². The quantitative estimate of drug-likeness (QED) is 0.738. The number of ketones is 1. The Kier molecular flexibility index (Phi) is 5.41. The minimum absolute atomic E-state index is 0.0613. The van der Waals surface area contributed by atoms with Crippen LogP contribution in [0.1, 0.15) is 10.4 Å². The topological polar surface area (TPSA) is 58.4 Å². The van der Waals surface area contributed by atoms with Gasteiger partial charge in [0, 0.05) is 5.56 Å². The van der Waals surface area contributed by atoms with Gasteiger partial charge in [-0.2, -0.15) is 0 Å². The number of carbonyl (C=O) groups is 1. The number of benzene rings is 1. The molecule has 0 unspecified atom stereocenters. The number of morpholine rings is 1. The van der Waals surface area contributed by atoms with Crippen LogP contribution in [0.25, 0.3) is 0 Å². The second-order valence-corrected chi connectivity index (χ2v) is 4.88. The van der Waals surface area contributed by atoms with E-state index in [4.69, 9.17) is 18.9 Å². The van der Waals surface area contributed by atoms with Crippen molar-refractivity contribution in [3.63, 3.8) is 0 Å². The predicted octanol–water partition coefficient (Wildman–Crippen LogP) is -0.190. The SMILES string of the molecule is COc1cc(C(=O)C[NH+]2CCOCC2)cc(OC)c1OC. The van der Waals surface area contributed by atoms with Gasteiger partial charge in [-0.25, -0.2) is 0 Å². The summed E-state index contributed by atoms with van der Waals surface area (Å²) in [7, 11) is 4.62. The van der Waals surface area contributed by atoms with Crippen LogP contribution in [-0.4, -0.2) is 60.0 Å². The first-order chi connectivity index (χ1) is 10.2. The average Bonchev–Trinajstić information content (AvgIpc) is 2.54. The fraction of sp³-hybridized carbons (Fsp3) is 0.533. The van der Waals surface area contributed by atoms with E-state index in [1.165, 1.54) is 4.90 Å². The Bertz CT molecular complexity index is 472. The predicted molar refractivity (Wildman–Crippen MR) is 76.8 cm³/mol. The zero-order valence-electron chi connectivity index (χ0n) is 12.7. The van der Waals surface area contributed by atoms with Gasteiger partial charge in [0.05, 0.1) is 34.5 Å². The van der Waals surface area contributed by atoms with E-state index in [1.807, 2.05) is 0 Å². The maximum Gasteiger partial charge on any atom is 0.217 e. The normalized spacial score (nSPS) is 15.6. The van der Waals surface area contributed by atoms with Crippen molar-refractivity contribution < 1.29 is 28.6 Å². The highest BCUT2D eigenvalue weighted by atomic mass is 16.5. The van der Waals surface area contributed by atoms with Gasteiger partial charge in [0.2, 0.25) is 11.5 Å². The van der Waals surface area contributed by atoms with Crippen LogP contribution in [0.15, 0.2) is 12.1 Å². The molecule has 1 aliphatic heterocycles. The molecule has 1 N–H and O–H groups in total. The largest absolute Gasteiger partial charge is 0.493 e. The van der Waals surface area contributed by atoms with Gasteiger partial charge in [0.1, 0.15) is 19.6 Å². The number of nitrogens with one attached hydrogen (secondary N) is 1. The van der Waals surface area contributed by atoms with Crippen molar-refractivity contribution in [2.45, 2.75) is 0 Å². The maximum absolute atomic E-state index is 12.4. The second kappa shape index (κ2) is 7.28. The lowest BCUT2D eigenvalue weighted by Gasteiger charge is -2.23. The molecule has 1 aliphatic rings. The fourth-order valence-corrected chi connectivity index (χ4v) is 2.41. The van der Waals surface area contributed by atoms with Gasteiger partial charge in [-0.3, -0.25) is 4.79 Å². The molecule has 0 radical (unpaired) electrons. The number of Topliss-reactive ketones (excluding diaryl/α,β-unsaturated/α-hetero) is 1. The molecule has 2 rings (SSSR count). The summed E-state index contributed by atoms with van der Waals surface area (Å²) in [6.07, 6.45) is 0. The summed E-state index contributed by atoms with van der Waals surface area (Å²) < 4.78 is 21.1. The minimum atomic E-state index is 0.0613. The molecular weight excluding hydrogens is 274 g/mol. The van der Waals surface area contributed by atoms with Crippen LogP contribution in [-0.2, 0) is 4.74 Å². The number of methoxy groups -OCH3 is 3. The summed E-state index contributed by atoms with van der Waals surface area (Å²) in [4.78, 5) is 13.7. The lowest BCUT2D eigenvalue weighted by molar-refractivity contribution is -0.899.